The van der Waals surface area contributed by atoms with Crippen molar-refractivity contribution in [2.24, 2.45) is 4.99 Å². The topological polar surface area (TPSA) is 87.8 Å². The van der Waals surface area contributed by atoms with Gasteiger partial charge in [0.2, 0.25) is 0 Å². The molecule has 2 aromatic rings. The number of nitrogens with zero attached hydrogens (tertiary/aromatic N) is 3. The minimum absolute atomic E-state index is 0.0436. The lowest BCUT2D eigenvalue weighted by Crippen LogP contribution is -2.19. The summed E-state index contributed by atoms with van der Waals surface area (Å²) in [7, 11) is 3.44. The van der Waals surface area contributed by atoms with E-state index in [2.05, 4.69) is 10.3 Å². The molecule has 0 radical (unpaired) electrons. The van der Waals surface area contributed by atoms with Gasteiger partial charge in [0, 0.05) is 20.2 Å². The highest BCUT2D eigenvalue weighted by atomic mass is 32.2. The normalized spacial score (nSPS) is 16.6. The number of amidine groups is 1. The van der Waals surface area contributed by atoms with E-state index >= 15 is 0 Å². The summed E-state index contributed by atoms with van der Waals surface area (Å²) in [6.07, 6.45) is 1.57. The maximum Gasteiger partial charge on any atom is 0.293 e. The van der Waals surface area contributed by atoms with Crippen LogP contribution in [0.2, 0.25) is 0 Å². The van der Waals surface area contributed by atoms with Crippen molar-refractivity contribution in [3.05, 3.63) is 68.9 Å². The van der Waals surface area contributed by atoms with E-state index in [1.165, 1.54) is 30.3 Å². The summed E-state index contributed by atoms with van der Waals surface area (Å²) < 4.78 is 13.0. The van der Waals surface area contributed by atoms with Gasteiger partial charge in [-0.25, -0.2) is 9.38 Å². The Morgan fingerprint density at radius 2 is 1.93 bits per heavy atom. The third-order valence-corrected chi connectivity index (χ3v) is 4.59. The Hall–Kier alpha value is -3.20. The molecule has 2 aromatic carbocycles. The fraction of sp³-hybridized carbons (Fsp3) is 0.111. The number of nitrogens with one attached hydrogen (secondary N) is 1. The number of halogens is 1. The SMILES string of the molecule is CN(C)c1ccc(/C=C2\SC(=Nc3ccc(F)cc3)NC2=O)cc1[N+](=O)[O-]. The fourth-order valence-corrected chi connectivity index (χ4v) is 3.26. The average Bonchev–Trinajstić information content (AvgIpc) is 2.95. The third kappa shape index (κ3) is 4.32. The number of aliphatic imine (C=N–C) groups is 1. The van der Waals surface area contributed by atoms with E-state index in [-0.39, 0.29) is 17.4 Å². The van der Waals surface area contributed by atoms with Crippen LogP contribution in [0.5, 0.6) is 0 Å². The second-order valence-electron chi connectivity index (χ2n) is 5.86. The molecule has 1 amide bonds. The number of amides is 1. The molecule has 1 aliphatic heterocycles. The van der Waals surface area contributed by atoms with Crippen molar-refractivity contribution in [2.75, 3.05) is 19.0 Å². The Morgan fingerprint density at radius 3 is 2.56 bits per heavy atom. The van der Waals surface area contributed by atoms with Gasteiger partial charge in [0.1, 0.15) is 11.5 Å². The van der Waals surface area contributed by atoms with Crippen molar-refractivity contribution in [2.45, 2.75) is 0 Å². The maximum absolute atomic E-state index is 13.0. The molecule has 1 heterocycles. The molecular weight excluding hydrogens is 371 g/mol. The largest absolute Gasteiger partial charge is 0.372 e. The van der Waals surface area contributed by atoms with Crippen LogP contribution in [0.3, 0.4) is 0 Å². The van der Waals surface area contributed by atoms with Crippen LogP contribution >= 0.6 is 11.8 Å². The van der Waals surface area contributed by atoms with E-state index in [0.717, 1.165) is 11.8 Å². The van der Waals surface area contributed by atoms with Gasteiger partial charge in [-0.15, -0.1) is 0 Å². The number of rotatable bonds is 4. The lowest BCUT2D eigenvalue weighted by Gasteiger charge is -2.12. The molecule has 0 bridgehead atoms. The molecule has 7 nitrogen and oxygen atoms in total. The van der Waals surface area contributed by atoms with Crippen molar-refractivity contribution in [1.29, 1.82) is 0 Å². The minimum atomic E-state index is -0.458. The van der Waals surface area contributed by atoms with Crippen molar-refractivity contribution < 1.29 is 14.1 Å². The molecule has 1 fully saturated rings. The fourth-order valence-electron chi connectivity index (χ4n) is 2.42. The Kier molecular flexibility index (Phi) is 5.22. The molecule has 1 aliphatic rings. The van der Waals surface area contributed by atoms with E-state index in [1.54, 1.807) is 37.2 Å². The molecule has 0 atom stereocenters. The van der Waals surface area contributed by atoms with E-state index in [1.807, 2.05) is 0 Å². The number of hydrogen-bond donors (Lipinski definition) is 1. The monoisotopic (exact) mass is 386 g/mol. The minimum Gasteiger partial charge on any atom is -0.372 e. The predicted molar refractivity (Wildman–Crippen MR) is 105 cm³/mol. The van der Waals surface area contributed by atoms with Gasteiger partial charge in [-0.05, 0) is 53.7 Å². The summed E-state index contributed by atoms with van der Waals surface area (Å²) in [5.74, 6) is -0.717. The van der Waals surface area contributed by atoms with E-state index in [4.69, 9.17) is 0 Å². The number of carbonyl (C=O) groups is 1. The first kappa shape index (κ1) is 18.6. The third-order valence-electron chi connectivity index (χ3n) is 3.68. The van der Waals surface area contributed by atoms with Crippen molar-refractivity contribution >= 4 is 46.0 Å². The van der Waals surface area contributed by atoms with Crippen LogP contribution in [0.25, 0.3) is 6.08 Å². The smallest absolute Gasteiger partial charge is 0.293 e. The van der Waals surface area contributed by atoms with Gasteiger partial charge in [-0.3, -0.25) is 14.9 Å². The number of nitro benzene ring substituents is 1. The molecule has 0 saturated carbocycles. The van der Waals surface area contributed by atoms with Gasteiger partial charge in [0.15, 0.2) is 5.17 Å². The van der Waals surface area contributed by atoms with Gasteiger partial charge in [-0.1, -0.05) is 6.07 Å². The highest BCUT2D eigenvalue weighted by molar-refractivity contribution is 8.18. The van der Waals surface area contributed by atoms with Crippen LogP contribution in [-0.2, 0) is 4.79 Å². The van der Waals surface area contributed by atoms with Crippen LogP contribution in [-0.4, -0.2) is 30.1 Å². The maximum atomic E-state index is 13.0. The molecule has 0 spiro atoms. The number of anilines is 1. The van der Waals surface area contributed by atoms with Gasteiger partial charge in [-0.2, -0.15) is 0 Å². The van der Waals surface area contributed by atoms with Crippen LogP contribution in [0.4, 0.5) is 21.5 Å². The molecule has 27 heavy (non-hydrogen) atoms. The Balaban J connectivity index is 1.87. The van der Waals surface area contributed by atoms with E-state index < -0.39 is 4.92 Å². The Morgan fingerprint density at radius 1 is 1.22 bits per heavy atom. The molecule has 1 N–H and O–H groups in total. The van der Waals surface area contributed by atoms with E-state index in [9.17, 15) is 19.3 Å². The highest BCUT2D eigenvalue weighted by Crippen LogP contribution is 2.32. The number of carbonyl (C=O) groups excluding carboxylic acids is 1. The molecule has 0 aromatic heterocycles. The van der Waals surface area contributed by atoms with Crippen LogP contribution < -0.4 is 10.2 Å². The average molecular weight is 386 g/mol. The number of benzene rings is 2. The van der Waals surface area contributed by atoms with Gasteiger partial charge in [0.05, 0.1) is 15.5 Å². The zero-order chi connectivity index (χ0) is 19.6. The molecular formula is C18H15FN4O3S. The number of hydrogen-bond acceptors (Lipinski definition) is 6. The summed E-state index contributed by atoms with van der Waals surface area (Å²) in [6, 6.07) is 10.3. The van der Waals surface area contributed by atoms with Crippen molar-refractivity contribution in [3.63, 3.8) is 0 Å². The Bertz CT molecular complexity index is 971. The molecule has 0 unspecified atom stereocenters. The lowest BCUT2D eigenvalue weighted by atomic mass is 10.1. The van der Waals surface area contributed by atoms with Crippen molar-refractivity contribution in [1.82, 2.24) is 5.32 Å². The van der Waals surface area contributed by atoms with E-state index in [0.29, 0.717) is 27.0 Å². The first-order chi connectivity index (χ1) is 12.8. The quantitative estimate of drug-likeness (QED) is 0.492. The molecule has 9 heteroatoms. The van der Waals surface area contributed by atoms with Gasteiger partial charge < -0.3 is 10.2 Å². The predicted octanol–water partition coefficient (Wildman–Crippen LogP) is 3.69. The summed E-state index contributed by atoms with van der Waals surface area (Å²) >= 11 is 1.11. The summed E-state index contributed by atoms with van der Waals surface area (Å²) in [6.45, 7) is 0. The summed E-state index contributed by atoms with van der Waals surface area (Å²) in [5.41, 5.74) is 1.47. The molecule has 1 saturated heterocycles. The van der Waals surface area contributed by atoms with Crippen LogP contribution in [0.15, 0.2) is 52.4 Å². The number of nitro groups is 1. The first-order valence-corrected chi connectivity index (χ1v) is 8.66. The van der Waals surface area contributed by atoms with Gasteiger partial charge in [0.25, 0.3) is 11.6 Å². The lowest BCUT2D eigenvalue weighted by molar-refractivity contribution is -0.384. The molecule has 3 rings (SSSR count). The summed E-state index contributed by atoms with van der Waals surface area (Å²) in [4.78, 5) is 29.2. The summed E-state index contributed by atoms with van der Waals surface area (Å²) in [5, 5.41) is 14.3. The second kappa shape index (κ2) is 7.58. The van der Waals surface area contributed by atoms with Crippen molar-refractivity contribution in [3.8, 4) is 0 Å². The molecule has 0 aliphatic carbocycles. The zero-order valence-electron chi connectivity index (χ0n) is 14.5. The van der Waals surface area contributed by atoms with Gasteiger partial charge >= 0.3 is 0 Å². The number of thioether (sulfide) groups is 1. The zero-order valence-corrected chi connectivity index (χ0v) is 15.3. The highest BCUT2D eigenvalue weighted by Gasteiger charge is 2.24. The van der Waals surface area contributed by atoms with Crippen LogP contribution in [0, 0.1) is 15.9 Å². The first-order valence-electron chi connectivity index (χ1n) is 7.84. The second-order valence-corrected chi connectivity index (χ2v) is 6.89. The standard InChI is InChI=1S/C18H15FN4O3S/c1-22(2)14-8-3-11(9-15(14)23(25)26)10-16-17(24)21-18(27-16)20-13-6-4-12(19)5-7-13/h3-10H,1-2H3,(H,20,21,24)/b16-10-. The molecule has 138 valence electrons. The Labute approximate surface area is 158 Å². The van der Waals surface area contributed by atoms with Crippen LogP contribution in [0.1, 0.15) is 5.56 Å².